The summed E-state index contributed by atoms with van der Waals surface area (Å²) in [7, 11) is 2.00. The summed E-state index contributed by atoms with van der Waals surface area (Å²) in [5, 5.41) is 3.41. The van der Waals surface area contributed by atoms with Crippen LogP contribution in [0.15, 0.2) is 48.5 Å². The molecule has 2 nitrogen and oxygen atoms in total. The standard InChI is InChI=1S/C18H21NO/c1-3-13-8-10-14(11-9-13)18(19-2)17-12-15-6-4-5-7-16(15)20-17/h4-11,17-19H,3,12H2,1-2H3. The third kappa shape index (κ3) is 2.44. The van der Waals surface area contributed by atoms with E-state index in [1.807, 2.05) is 13.1 Å². The van der Waals surface area contributed by atoms with Crippen molar-refractivity contribution in [3.8, 4) is 5.75 Å². The van der Waals surface area contributed by atoms with Gasteiger partial charge in [-0.1, -0.05) is 49.4 Å². The Morgan fingerprint density at radius 1 is 1.15 bits per heavy atom. The van der Waals surface area contributed by atoms with Gasteiger partial charge in [-0.25, -0.2) is 0 Å². The van der Waals surface area contributed by atoms with E-state index in [-0.39, 0.29) is 12.1 Å². The molecule has 1 aliphatic rings. The molecule has 1 aliphatic heterocycles. The predicted octanol–water partition coefficient (Wildman–Crippen LogP) is 3.51. The van der Waals surface area contributed by atoms with Crippen LogP contribution in [0.1, 0.15) is 29.7 Å². The van der Waals surface area contributed by atoms with Crippen molar-refractivity contribution < 1.29 is 4.74 Å². The number of nitrogens with one attached hydrogen (secondary N) is 1. The first-order chi connectivity index (χ1) is 9.81. The molecule has 3 rings (SSSR count). The van der Waals surface area contributed by atoms with Crippen LogP contribution in [0, 0.1) is 0 Å². The van der Waals surface area contributed by atoms with Crippen molar-refractivity contribution in [2.75, 3.05) is 7.05 Å². The second-order valence-electron chi connectivity index (χ2n) is 5.33. The van der Waals surface area contributed by atoms with Crippen molar-refractivity contribution in [3.05, 3.63) is 65.2 Å². The molecule has 0 aromatic heterocycles. The predicted molar refractivity (Wildman–Crippen MR) is 82.2 cm³/mol. The van der Waals surface area contributed by atoms with Crippen LogP contribution in [0.2, 0.25) is 0 Å². The SMILES string of the molecule is CCc1ccc(C(NC)C2Cc3ccccc3O2)cc1. The van der Waals surface area contributed by atoms with Crippen LogP contribution in [0.3, 0.4) is 0 Å². The number of rotatable bonds is 4. The molecular weight excluding hydrogens is 246 g/mol. The van der Waals surface area contributed by atoms with Gasteiger partial charge in [0.1, 0.15) is 11.9 Å². The van der Waals surface area contributed by atoms with Gasteiger partial charge < -0.3 is 10.1 Å². The van der Waals surface area contributed by atoms with Gasteiger partial charge in [-0.2, -0.15) is 0 Å². The summed E-state index contributed by atoms with van der Waals surface area (Å²) in [4.78, 5) is 0. The van der Waals surface area contributed by atoms with E-state index in [1.54, 1.807) is 0 Å². The number of fused-ring (bicyclic) bond motifs is 1. The zero-order valence-corrected chi connectivity index (χ0v) is 12.1. The maximum atomic E-state index is 6.11. The lowest BCUT2D eigenvalue weighted by Gasteiger charge is -2.23. The lowest BCUT2D eigenvalue weighted by atomic mass is 9.96. The number of benzene rings is 2. The van der Waals surface area contributed by atoms with Gasteiger partial charge in [0.15, 0.2) is 0 Å². The first-order valence-electron chi connectivity index (χ1n) is 7.32. The summed E-state index contributed by atoms with van der Waals surface area (Å²) in [6.45, 7) is 2.18. The van der Waals surface area contributed by atoms with E-state index in [9.17, 15) is 0 Å². The molecule has 2 aromatic rings. The molecule has 0 bridgehead atoms. The second-order valence-corrected chi connectivity index (χ2v) is 5.33. The number of hydrogen-bond acceptors (Lipinski definition) is 2. The van der Waals surface area contributed by atoms with Crippen molar-refractivity contribution in [1.82, 2.24) is 5.32 Å². The Bertz CT molecular complexity index is 551. The Morgan fingerprint density at radius 2 is 1.90 bits per heavy atom. The van der Waals surface area contributed by atoms with Crippen molar-refractivity contribution >= 4 is 0 Å². The normalized spacial score (nSPS) is 18.4. The van der Waals surface area contributed by atoms with Gasteiger partial charge in [0.05, 0.1) is 6.04 Å². The molecule has 2 heteroatoms. The fourth-order valence-electron chi connectivity index (χ4n) is 2.92. The Balaban J connectivity index is 1.81. The first-order valence-corrected chi connectivity index (χ1v) is 7.32. The van der Waals surface area contributed by atoms with Gasteiger partial charge in [-0.3, -0.25) is 0 Å². The first kappa shape index (κ1) is 13.2. The van der Waals surface area contributed by atoms with Crippen LogP contribution in [-0.2, 0) is 12.8 Å². The number of hydrogen-bond donors (Lipinski definition) is 1. The van der Waals surface area contributed by atoms with Crippen LogP contribution >= 0.6 is 0 Å². The monoisotopic (exact) mass is 267 g/mol. The highest BCUT2D eigenvalue weighted by molar-refractivity contribution is 5.38. The molecule has 1 heterocycles. The Morgan fingerprint density at radius 3 is 2.55 bits per heavy atom. The zero-order chi connectivity index (χ0) is 13.9. The minimum absolute atomic E-state index is 0.171. The molecule has 0 radical (unpaired) electrons. The van der Waals surface area contributed by atoms with Crippen molar-refractivity contribution in [2.45, 2.75) is 31.9 Å². The van der Waals surface area contributed by atoms with E-state index < -0.39 is 0 Å². The highest BCUT2D eigenvalue weighted by Gasteiger charge is 2.30. The summed E-state index contributed by atoms with van der Waals surface area (Å²) < 4.78 is 6.11. The fraction of sp³-hybridized carbons (Fsp3) is 0.333. The van der Waals surface area contributed by atoms with E-state index in [0.717, 1.165) is 18.6 Å². The zero-order valence-electron chi connectivity index (χ0n) is 12.1. The molecule has 2 aromatic carbocycles. The molecule has 20 heavy (non-hydrogen) atoms. The van der Waals surface area contributed by atoms with Gasteiger partial charge in [0.2, 0.25) is 0 Å². The van der Waals surface area contributed by atoms with E-state index in [4.69, 9.17) is 4.74 Å². The molecule has 104 valence electrons. The van der Waals surface area contributed by atoms with Gasteiger partial charge in [0.25, 0.3) is 0 Å². The maximum Gasteiger partial charge on any atom is 0.123 e. The summed E-state index contributed by atoms with van der Waals surface area (Å²) >= 11 is 0. The average molecular weight is 267 g/mol. The summed E-state index contributed by atoms with van der Waals surface area (Å²) in [6, 6.07) is 17.4. The average Bonchev–Trinajstić information content (AvgIpc) is 2.92. The number of ether oxygens (including phenoxy) is 1. The smallest absolute Gasteiger partial charge is 0.123 e. The third-order valence-electron chi connectivity index (χ3n) is 4.10. The second kappa shape index (κ2) is 5.68. The topological polar surface area (TPSA) is 21.3 Å². The number of likely N-dealkylation sites (N-methyl/N-ethyl adjacent to an activating group) is 1. The molecule has 1 N–H and O–H groups in total. The van der Waals surface area contributed by atoms with Crippen molar-refractivity contribution in [2.24, 2.45) is 0 Å². The molecule has 0 fully saturated rings. The van der Waals surface area contributed by atoms with E-state index in [2.05, 4.69) is 54.7 Å². The van der Waals surface area contributed by atoms with Gasteiger partial charge >= 0.3 is 0 Å². The number of aryl methyl sites for hydroxylation is 1. The molecule has 0 amide bonds. The minimum atomic E-state index is 0.171. The highest BCUT2D eigenvalue weighted by Crippen LogP contribution is 2.33. The fourth-order valence-corrected chi connectivity index (χ4v) is 2.92. The van der Waals surface area contributed by atoms with Crippen LogP contribution in [0.5, 0.6) is 5.75 Å². The molecule has 0 saturated heterocycles. The third-order valence-corrected chi connectivity index (χ3v) is 4.10. The van der Waals surface area contributed by atoms with E-state index in [0.29, 0.717) is 0 Å². The minimum Gasteiger partial charge on any atom is -0.488 e. The molecule has 0 saturated carbocycles. The Kier molecular flexibility index (Phi) is 3.75. The summed E-state index contributed by atoms with van der Waals surface area (Å²) in [5.41, 5.74) is 3.98. The highest BCUT2D eigenvalue weighted by atomic mass is 16.5. The van der Waals surface area contributed by atoms with E-state index in [1.165, 1.54) is 16.7 Å². The molecular formula is C18H21NO. The maximum absolute atomic E-state index is 6.11. The van der Waals surface area contributed by atoms with Crippen LogP contribution in [0.25, 0.3) is 0 Å². The van der Waals surface area contributed by atoms with E-state index >= 15 is 0 Å². The largest absolute Gasteiger partial charge is 0.488 e. The quantitative estimate of drug-likeness (QED) is 0.915. The van der Waals surface area contributed by atoms with Crippen LogP contribution < -0.4 is 10.1 Å². The Hall–Kier alpha value is -1.80. The van der Waals surface area contributed by atoms with Crippen LogP contribution in [0.4, 0.5) is 0 Å². The number of para-hydroxylation sites is 1. The Labute approximate surface area is 120 Å². The summed E-state index contributed by atoms with van der Waals surface area (Å²) in [6.07, 6.45) is 2.22. The van der Waals surface area contributed by atoms with Crippen LogP contribution in [-0.4, -0.2) is 13.2 Å². The van der Waals surface area contributed by atoms with Crippen molar-refractivity contribution in [1.29, 1.82) is 0 Å². The van der Waals surface area contributed by atoms with Gasteiger partial charge in [0, 0.05) is 6.42 Å². The van der Waals surface area contributed by atoms with Crippen molar-refractivity contribution in [3.63, 3.8) is 0 Å². The lowest BCUT2D eigenvalue weighted by molar-refractivity contribution is 0.183. The molecule has 2 atom stereocenters. The van der Waals surface area contributed by atoms with Gasteiger partial charge in [-0.15, -0.1) is 0 Å². The molecule has 2 unspecified atom stereocenters. The lowest BCUT2D eigenvalue weighted by Crippen LogP contribution is -2.32. The van der Waals surface area contributed by atoms with Gasteiger partial charge in [-0.05, 0) is 36.2 Å². The molecule has 0 aliphatic carbocycles. The molecule has 0 spiro atoms. The summed E-state index contributed by atoms with van der Waals surface area (Å²) in [5.74, 6) is 1.03.